The van der Waals surface area contributed by atoms with Crippen LogP contribution >= 0.6 is 0 Å². The molecule has 2 amide bonds. The summed E-state index contributed by atoms with van der Waals surface area (Å²) in [6.07, 6.45) is -3.89. The number of benzene rings is 3. The van der Waals surface area contributed by atoms with E-state index in [1.807, 2.05) is 13.8 Å². The molecule has 0 unspecified atom stereocenters. The Morgan fingerprint density at radius 1 is 0.930 bits per heavy atom. The number of amides is 2. The van der Waals surface area contributed by atoms with E-state index in [2.05, 4.69) is 5.32 Å². The second-order valence-corrected chi connectivity index (χ2v) is 11.8. The van der Waals surface area contributed by atoms with Gasteiger partial charge in [-0.25, -0.2) is 8.42 Å². The fraction of sp³-hybridized carbons (Fsp3) is 0.355. The van der Waals surface area contributed by atoms with Gasteiger partial charge in [-0.3, -0.25) is 13.9 Å². The van der Waals surface area contributed by atoms with E-state index < -0.39 is 46.2 Å². The van der Waals surface area contributed by atoms with Crippen molar-refractivity contribution in [2.45, 2.75) is 63.3 Å². The van der Waals surface area contributed by atoms with Crippen LogP contribution in [0.3, 0.4) is 0 Å². The molecule has 0 aliphatic heterocycles. The highest BCUT2D eigenvalue weighted by Gasteiger charge is 2.36. The Hall–Kier alpha value is -4.06. The van der Waals surface area contributed by atoms with E-state index in [0.717, 1.165) is 12.1 Å². The molecule has 0 saturated heterocycles. The van der Waals surface area contributed by atoms with Crippen LogP contribution in [0.4, 0.5) is 18.9 Å². The van der Waals surface area contributed by atoms with Gasteiger partial charge in [-0.05, 0) is 67.8 Å². The molecule has 0 saturated carbocycles. The number of carbonyl (C=O) groups excluding carboxylic acids is 2. The fourth-order valence-corrected chi connectivity index (χ4v) is 5.80. The van der Waals surface area contributed by atoms with E-state index >= 15 is 0 Å². The number of ether oxygens (including phenoxy) is 1. The third kappa shape index (κ3) is 8.50. The van der Waals surface area contributed by atoms with Crippen LogP contribution < -0.4 is 14.4 Å². The smallest absolute Gasteiger partial charge is 0.416 e. The molecule has 3 aromatic carbocycles. The molecule has 3 rings (SSSR count). The van der Waals surface area contributed by atoms with Crippen molar-refractivity contribution in [3.63, 3.8) is 0 Å². The van der Waals surface area contributed by atoms with Gasteiger partial charge in [-0.1, -0.05) is 50.2 Å². The Balaban J connectivity index is 2.10. The molecule has 3 aromatic rings. The summed E-state index contributed by atoms with van der Waals surface area (Å²) >= 11 is 0. The van der Waals surface area contributed by atoms with Crippen LogP contribution in [0.15, 0.2) is 83.8 Å². The minimum absolute atomic E-state index is 0.0585. The van der Waals surface area contributed by atoms with Crippen LogP contribution in [0, 0.1) is 0 Å². The van der Waals surface area contributed by atoms with Crippen molar-refractivity contribution in [1.82, 2.24) is 10.2 Å². The van der Waals surface area contributed by atoms with Gasteiger partial charge in [0.2, 0.25) is 11.8 Å². The minimum atomic E-state index is -4.75. The van der Waals surface area contributed by atoms with E-state index in [-0.39, 0.29) is 29.6 Å². The third-order valence-electron chi connectivity index (χ3n) is 6.97. The Bertz CT molecular complexity index is 1480. The van der Waals surface area contributed by atoms with Crippen molar-refractivity contribution in [2.75, 3.05) is 18.0 Å². The summed E-state index contributed by atoms with van der Waals surface area (Å²) in [4.78, 5) is 28.5. The Morgan fingerprint density at radius 2 is 1.58 bits per heavy atom. The van der Waals surface area contributed by atoms with Gasteiger partial charge in [0.1, 0.15) is 18.3 Å². The van der Waals surface area contributed by atoms with Gasteiger partial charge in [0.05, 0.1) is 23.3 Å². The van der Waals surface area contributed by atoms with Crippen LogP contribution in [0.5, 0.6) is 5.75 Å². The molecule has 0 fully saturated rings. The maximum Gasteiger partial charge on any atom is 0.416 e. The minimum Gasteiger partial charge on any atom is -0.497 e. The summed E-state index contributed by atoms with van der Waals surface area (Å²) in [5, 5.41) is 2.88. The molecule has 8 nitrogen and oxygen atoms in total. The topological polar surface area (TPSA) is 96.0 Å². The zero-order chi connectivity index (χ0) is 31.8. The van der Waals surface area contributed by atoms with Crippen molar-refractivity contribution < 1.29 is 35.9 Å². The number of methoxy groups -OCH3 is 1. The zero-order valence-corrected chi connectivity index (χ0v) is 25.3. The summed E-state index contributed by atoms with van der Waals surface area (Å²) in [6, 6.07) is 16.6. The number of sulfonamides is 1. The van der Waals surface area contributed by atoms with E-state index in [1.165, 1.54) is 42.3 Å². The van der Waals surface area contributed by atoms with Crippen LogP contribution in [0.1, 0.15) is 44.7 Å². The SMILES string of the molecule is CC[C@@H](C)NC(=O)[C@@H](CC)N(Cc1ccc(OC)cc1)C(=O)CN(c1cccc(C(F)(F)F)c1)S(=O)(=O)c1ccccc1. The number of carbonyl (C=O) groups is 2. The monoisotopic (exact) mass is 619 g/mol. The summed E-state index contributed by atoms with van der Waals surface area (Å²) in [6.45, 7) is 4.54. The number of hydrogen-bond acceptors (Lipinski definition) is 5. The quantitative estimate of drug-likeness (QED) is 0.268. The first-order valence-corrected chi connectivity index (χ1v) is 15.2. The number of nitrogens with one attached hydrogen (secondary N) is 1. The molecule has 0 aliphatic carbocycles. The van der Waals surface area contributed by atoms with Gasteiger partial charge >= 0.3 is 6.18 Å². The molecule has 0 spiro atoms. The Labute approximate surface area is 250 Å². The molecule has 2 atom stereocenters. The third-order valence-corrected chi connectivity index (χ3v) is 8.76. The number of halogens is 3. The van der Waals surface area contributed by atoms with Gasteiger partial charge < -0.3 is 15.0 Å². The van der Waals surface area contributed by atoms with Crippen molar-refractivity contribution in [1.29, 1.82) is 0 Å². The van der Waals surface area contributed by atoms with Gasteiger partial charge in [0.25, 0.3) is 10.0 Å². The van der Waals surface area contributed by atoms with E-state index in [9.17, 15) is 31.2 Å². The van der Waals surface area contributed by atoms with Crippen LogP contribution in [-0.2, 0) is 32.3 Å². The summed E-state index contributed by atoms with van der Waals surface area (Å²) in [5.74, 6) is -0.609. The van der Waals surface area contributed by atoms with Crippen molar-refractivity contribution in [3.8, 4) is 5.75 Å². The highest BCUT2D eigenvalue weighted by atomic mass is 32.2. The van der Waals surface area contributed by atoms with E-state index in [4.69, 9.17) is 4.74 Å². The molecular weight excluding hydrogens is 583 g/mol. The summed E-state index contributed by atoms with van der Waals surface area (Å²) in [7, 11) is -2.99. The lowest BCUT2D eigenvalue weighted by molar-refractivity contribution is -0.140. The Kier molecular flexibility index (Phi) is 11.2. The lowest BCUT2D eigenvalue weighted by atomic mass is 10.1. The lowest BCUT2D eigenvalue weighted by Crippen LogP contribution is -2.53. The fourth-order valence-electron chi connectivity index (χ4n) is 4.37. The second kappa shape index (κ2) is 14.4. The van der Waals surface area contributed by atoms with E-state index in [0.29, 0.717) is 28.1 Å². The maximum absolute atomic E-state index is 14.1. The van der Waals surface area contributed by atoms with Gasteiger partial charge in [-0.15, -0.1) is 0 Å². The predicted octanol–water partition coefficient (Wildman–Crippen LogP) is 5.63. The van der Waals surface area contributed by atoms with Crippen LogP contribution in [0.2, 0.25) is 0 Å². The highest BCUT2D eigenvalue weighted by molar-refractivity contribution is 7.92. The first-order valence-electron chi connectivity index (χ1n) is 13.8. The number of hydrogen-bond donors (Lipinski definition) is 1. The molecular formula is C31H36F3N3O5S. The molecule has 0 aromatic heterocycles. The van der Waals surface area contributed by atoms with Crippen molar-refractivity contribution in [3.05, 3.63) is 90.0 Å². The number of nitrogens with zero attached hydrogens (tertiary/aromatic N) is 2. The molecule has 1 N–H and O–H groups in total. The average molecular weight is 620 g/mol. The standard InChI is InChI=1S/C31H36F3N3O5S/c1-5-22(3)35-30(39)28(6-2)36(20-23-15-17-26(42-4)18-16-23)29(38)21-37(43(40,41)27-13-8-7-9-14-27)25-12-10-11-24(19-25)31(32,33)34/h7-19,22,28H,5-6,20-21H2,1-4H3,(H,35,39)/t22-,28-/m1/s1. The first-order chi connectivity index (χ1) is 20.3. The molecule has 232 valence electrons. The van der Waals surface area contributed by atoms with Gasteiger partial charge in [-0.2, -0.15) is 13.2 Å². The molecule has 0 bridgehead atoms. The largest absolute Gasteiger partial charge is 0.497 e. The lowest BCUT2D eigenvalue weighted by Gasteiger charge is -2.34. The first kappa shape index (κ1) is 33.4. The van der Waals surface area contributed by atoms with Crippen molar-refractivity contribution >= 4 is 27.5 Å². The molecule has 0 heterocycles. The zero-order valence-electron chi connectivity index (χ0n) is 24.5. The molecule has 0 aliphatic rings. The summed E-state index contributed by atoms with van der Waals surface area (Å²) in [5.41, 5.74) is -0.769. The van der Waals surface area contributed by atoms with Crippen molar-refractivity contribution in [2.24, 2.45) is 0 Å². The average Bonchev–Trinajstić information content (AvgIpc) is 2.99. The maximum atomic E-state index is 14.1. The molecule has 0 radical (unpaired) electrons. The van der Waals surface area contributed by atoms with Gasteiger partial charge in [0.15, 0.2) is 0 Å². The second-order valence-electron chi connectivity index (χ2n) is 9.98. The predicted molar refractivity (Wildman–Crippen MR) is 158 cm³/mol. The normalized spacial score (nSPS) is 13.1. The number of alkyl halides is 3. The highest BCUT2D eigenvalue weighted by Crippen LogP contribution is 2.33. The summed E-state index contributed by atoms with van der Waals surface area (Å²) < 4.78 is 74.3. The Morgan fingerprint density at radius 3 is 2.14 bits per heavy atom. The van der Waals surface area contributed by atoms with E-state index in [1.54, 1.807) is 37.3 Å². The number of anilines is 1. The molecule has 12 heteroatoms. The number of rotatable bonds is 13. The van der Waals surface area contributed by atoms with Gasteiger partial charge in [0, 0.05) is 12.6 Å². The van der Waals surface area contributed by atoms with Crippen LogP contribution in [-0.4, -0.2) is 50.9 Å². The van der Waals surface area contributed by atoms with Crippen LogP contribution in [0.25, 0.3) is 0 Å². The molecule has 43 heavy (non-hydrogen) atoms.